The minimum atomic E-state index is -0.720. The Morgan fingerprint density at radius 3 is 1.93 bits per heavy atom. The van der Waals surface area contributed by atoms with Crippen LogP contribution in [0.4, 0.5) is 11.4 Å². The predicted molar refractivity (Wildman–Crippen MR) is 236 cm³/mol. The van der Waals surface area contributed by atoms with Crippen LogP contribution in [-0.2, 0) is 37.8 Å². The Bertz CT molecular complexity index is 2520. The van der Waals surface area contributed by atoms with Gasteiger partial charge >= 0.3 is 0 Å². The summed E-state index contributed by atoms with van der Waals surface area (Å²) < 4.78 is 6.92. The number of allylic oxidation sites excluding steroid dienone is 3. The van der Waals surface area contributed by atoms with E-state index in [9.17, 15) is 20.1 Å². The summed E-state index contributed by atoms with van der Waals surface area (Å²) in [5.41, 5.74) is 6.04. The number of ether oxygens (including phenoxy) is 1. The van der Waals surface area contributed by atoms with Gasteiger partial charge < -0.3 is 25.0 Å². The number of aliphatic hydroxyl groups is 1. The molecule has 1 spiro atoms. The van der Waals surface area contributed by atoms with Crippen molar-refractivity contribution in [3.05, 3.63) is 113 Å². The number of para-hydroxylation sites is 1. The van der Waals surface area contributed by atoms with Crippen molar-refractivity contribution in [2.24, 2.45) is 16.3 Å². The number of carbonyl (C=O) groups excluding carboxylic acids is 1. The summed E-state index contributed by atoms with van der Waals surface area (Å²) in [4.78, 5) is 27.9. The van der Waals surface area contributed by atoms with Gasteiger partial charge in [-0.2, -0.15) is 0 Å². The number of aliphatic hydroxyl groups excluding tert-OH is 1. The molecule has 4 heterocycles. The number of likely N-dealkylation sites (N-methyl/N-ethyl adjacent to an activating group) is 1. The number of phenols is 2. The van der Waals surface area contributed by atoms with E-state index in [0.717, 1.165) is 50.1 Å². The van der Waals surface area contributed by atoms with E-state index in [2.05, 4.69) is 80.8 Å². The number of ketones is 1. The molecule has 0 saturated heterocycles. The number of carbonyl (C=O) groups is 1. The number of aliphatic imine (C=N–C) groups is 1. The van der Waals surface area contributed by atoms with Crippen LogP contribution in [0.1, 0.15) is 99.8 Å². The van der Waals surface area contributed by atoms with E-state index < -0.39 is 5.72 Å². The van der Waals surface area contributed by atoms with Crippen LogP contribution in [0.2, 0.25) is 0 Å². The summed E-state index contributed by atoms with van der Waals surface area (Å²) >= 11 is 0. The molecular formula is C49H58CoN4O5. The van der Waals surface area contributed by atoms with E-state index in [1.807, 2.05) is 91.1 Å². The Hall–Kier alpha value is -5.19. The number of nitrogens with zero attached hydrogens (tertiary/aromatic N) is 4. The van der Waals surface area contributed by atoms with Gasteiger partial charge in [0.2, 0.25) is 11.5 Å². The van der Waals surface area contributed by atoms with Gasteiger partial charge in [0.1, 0.15) is 11.2 Å². The maximum Gasteiger partial charge on any atom is 0.228 e. The van der Waals surface area contributed by atoms with E-state index in [1.54, 1.807) is 24.5 Å². The fourth-order valence-corrected chi connectivity index (χ4v) is 7.97. The Kier molecular flexibility index (Phi) is 12.0. The van der Waals surface area contributed by atoms with Crippen LogP contribution in [0, 0.1) is 11.3 Å². The molecule has 3 N–H and O–H groups in total. The number of pyridine rings is 2. The largest absolute Gasteiger partial charge is 0.504 e. The summed E-state index contributed by atoms with van der Waals surface area (Å²) in [5, 5.41) is 30.9. The first-order valence-electron chi connectivity index (χ1n) is 19.9. The Morgan fingerprint density at radius 2 is 1.36 bits per heavy atom. The van der Waals surface area contributed by atoms with Gasteiger partial charge in [-0.15, -0.1) is 0 Å². The van der Waals surface area contributed by atoms with Crippen molar-refractivity contribution < 1.29 is 41.6 Å². The number of phenolic OH excluding ortho intramolecular Hbond substituents is 2. The average molecular weight is 842 g/mol. The molecule has 0 bridgehead atoms. The number of rotatable bonds is 0. The molecule has 9 nitrogen and oxygen atoms in total. The van der Waals surface area contributed by atoms with Gasteiger partial charge in [-0.1, -0.05) is 99.6 Å². The van der Waals surface area contributed by atoms with Gasteiger partial charge in [-0.3, -0.25) is 19.8 Å². The molecule has 5 aromatic rings. The van der Waals surface area contributed by atoms with Gasteiger partial charge in [0.15, 0.2) is 23.0 Å². The van der Waals surface area contributed by atoms with Crippen LogP contribution < -0.4 is 9.64 Å². The molecule has 0 fully saturated rings. The van der Waals surface area contributed by atoms with Crippen molar-refractivity contribution in [2.45, 2.75) is 105 Å². The van der Waals surface area contributed by atoms with E-state index in [0.29, 0.717) is 5.57 Å². The zero-order valence-electron chi connectivity index (χ0n) is 36.5. The van der Waals surface area contributed by atoms with E-state index in [1.165, 1.54) is 5.56 Å². The van der Waals surface area contributed by atoms with Crippen LogP contribution >= 0.6 is 0 Å². The maximum atomic E-state index is 11.5. The second-order valence-corrected chi connectivity index (χ2v) is 19.2. The summed E-state index contributed by atoms with van der Waals surface area (Å²) in [7, 11) is 2.08. The first-order valence-corrected chi connectivity index (χ1v) is 19.9. The molecule has 1 aliphatic carbocycles. The normalized spacial score (nSPS) is 19.3. The minimum absolute atomic E-state index is 0. The summed E-state index contributed by atoms with van der Waals surface area (Å²) in [6, 6.07) is 20.0. The van der Waals surface area contributed by atoms with Crippen molar-refractivity contribution in [3.63, 3.8) is 0 Å². The molecule has 2 aromatic heterocycles. The third kappa shape index (κ3) is 8.09. The van der Waals surface area contributed by atoms with Crippen LogP contribution in [-0.4, -0.2) is 50.1 Å². The quantitative estimate of drug-likeness (QED) is 0.104. The van der Waals surface area contributed by atoms with Crippen LogP contribution in [0.5, 0.6) is 17.2 Å². The number of hydrogen-bond donors (Lipinski definition) is 3. The molecule has 0 saturated carbocycles. The molecule has 1 radical (unpaired) electrons. The standard InChI is InChI=1S/C24H20N4O.C14H22O2.C11H16O2.Co/c1-23(2)17-10-4-5-11-18(17)28(3)24(23)14-27-21-15-8-6-12-25-19(15)20-16(22(21)29-24)9-7-13-26-20;1-13(2,3)9-7-10(14(4,5)6)12(16)11(15)8-9;1-7-5-8(11(2,3)4)10(13)9(12)6-7;/h4-14H,1-3H3;7-8,15-16H,1-6H3;5-7,12H,1-4H3;. The fourth-order valence-electron chi connectivity index (χ4n) is 7.97. The zero-order chi connectivity index (χ0) is 42.7. The molecule has 3 aliphatic rings. The summed E-state index contributed by atoms with van der Waals surface area (Å²) in [6.07, 6.45) is 9.05. The molecule has 2 atom stereocenters. The van der Waals surface area contributed by atoms with Crippen molar-refractivity contribution >= 4 is 45.2 Å². The third-order valence-electron chi connectivity index (χ3n) is 11.4. The zero-order valence-corrected chi connectivity index (χ0v) is 37.6. The fraction of sp³-hybridized carbons (Fsp3) is 0.388. The van der Waals surface area contributed by atoms with Crippen molar-refractivity contribution in [1.29, 1.82) is 0 Å². The third-order valence-corrected chi connectivity index (χ3v) is 11.4. The van der Waals surface area contributed by atoms with Crippen molar-refractivity contribution in [2.75, 3.05) is 11.9 Å². The number of aromatic hydroxyl groups is 2. The number of hydrogen-bond acceptors (Lipinski definition) is 9. The summed E-state index contributed by atoms with van der Waals surface area (Å²) in [6.45, 7) is 24.6. The van der Waals surface area contributed by atoms with Crippen LogP contribution in [0.3, 0.4) is 0 Å². The number of Topliss-reactive ketones (excluding diaryl/α,β-unsaturated/α-hetero) is 1. The molecule has 8 rings (SSSR count). The van der Waals surface area contributed by atoms with Gasteiger partial charge in [0.25, 0.3) is 0 Å². The second-order valence-electron chi connectivity index (χ2n) is 19.2. The maximum absolute atomic E-state index is 11.5. The monoisotopic (exact) mass is 841 g/mol. The van der Waals surface area contributed by atoms with Crippen molar-refractivity contribution in [3.8, 4) is 17.2 Å². The molecule has 313 valence electrons. The van der Waals surface area contributed by atoms with Gasteiger partial charge in [-0.05, 0) is 89.6 Å². The number of aromatic nitrogens is 2. The van der Waals surface area contributed by atoms with Gasteiger partial charge in [-0.25, -0.2) is 0 Å². The Balaban J connectivity index is 0.000000188. The number of anilines is 1. The number of benzene rings is 3. The molecule has 10 heteroatoms. The molecule has 2 aliphatic heterocycles. The first-order chi connectivity index (χ1) is 26.9. The SMILES string of the molecule is CC(C)(C)c1cc(O)c(O)c(C(C)(C)C)c1.CC1C=C(O)C(=O)C(C(C)(C)C)=C1.CN1c2ccccc2C(C)(C)C12C=Nc1c(c3cccnc3c3ncccc13)O2.[Co]. The second kappa shape index (κ2) is 15.8. The molecule has 59 heavy (non-hydrogen) atoms. The average Bonchev–Trinajstić information content (AvgIpc) is 3.31. The van der Waals surface area contributed by atoms with E-state index in [4.69, 9.17) is 9.73 Å². The topological polar surface area (TPSA) is 128 Å². The molecular weight excluding hydrogens is 783 g/mol. The van der Waals surface area contributed by atoms with Crippen LogP contribution in [0.25, 0.3) is 21.8 Å². The minimum Gasteiger partial charge on any atom is -0.504 e. The molecule has 2 unspecified atom stereocenters. The van der Waals surface area contributed by atoms with Gasteiger partial charge in [0, 0.05) is 63.8 Å². The van der Waals surface area contributed by atoms with Gasteiger partial charge in [0.05, 0.1) is 17.1 Å². The molecule has 3 aromatic carbocycles. The smallest absolute Gasteiger partial charge is 0.228 e. The predicted octanol–water partition coefficient (Wildman–Crippen LogP) is 11.3. The first kappa shape index (κ1) is 44.9. The van der Waals surface area contributed by atoms with Crippen LogP contribution in [0.15, 0.2) is 102 Å². The Labute approximate surface area is 359 Å². The summed E-state index contributed by atoms with van der Waals surface area (Å²) in [5.74, 6) is 0.541. The van der Waals surface area contributed by atoms with E-state index >= 15 is 0 Å². The molecule has 0 amide bonds. The number of fused-ring (bicyclic) bond motifs is 7. The van der Waals surface area contributed by atoms with Crippen molar-refractivity contribution in [1.82, 2.24) is 9.97 Å². The Morgan fingerprint density at radius 1 is 0.763 bits per heavy atom. The van der Waals surface area contributed by atoms with E-state index in [-0.39, 0.29) is 67.4 Å².